The fraction of sp³-hybridized carbons (Fsp3) is 0.519. The molecule has 35 heavy (non-hydrogen) atoms. The molecule has 1 N–H and O–H groups in total. The molecule has 0 bridgehead atoms. The summed E-state index contributed by atoms with van der Waals surface area (Å²) in [5.74, 6) is -5.83. The van der Waals surface area contributed by atoms with E-state index in [2.05, 4.69) is 25.5 Å². The highest BCUT2D eigenvalue weighted by molar-refractivity contribution is 6.74. The van der Waals surface area contributed by atoms with Crippen LogP contribution in [0, 0.1) is 0 Å². The van der Waals surface area contributed by atoms with E-state index in [-0.39, 0.29) is 31.3 Å². The molecule has 0 heterocycles. The molecule has 0 aliphatic heterocycles. The molecule has 0 amide bonds. The molecule has 0 fully saturated rings. The number of hydrogen-bond donors (Lipinski definition) is 1. The molecule has 2 aromatic rings. The predicted molar refractivity (Wildman–Crippen MR) is 137 cm³/mol. The van der Waals surface area contributed by atoms with Crippen LogP contribution in [0.5, 0.6) is 0 Å². The number of hydrogen-bond acceptors (Lipinski definition) is 5. The highest BCUT2D eigenvalue weighted by Gasteiger charge is 2.53. The van der Waals surface area contributed by atoms with Crippen LogP contribution in [0.15, 0.2) is 60.7 Å². The summed E-state index contributed by atoms with van der Waals surface area (Å²) in [4.78, 5) is 13.9. The zero-order chi connectivity index (χ0) is 26.3. The van der Waals surface area contributed by atoms with E-state index in [0.717, 1.165) is 11.1 Å². The van der Waals surface area contributed by atoms with Gasteiger partial charge in [0.05, 0.1) is 19.3 Å². The van der Waals surface area contributed by atoms with Crippen molar-refractivity contribution in [3.05, 3.63) is 71.8 Å². The van der Waals surface area contributed by atoms with Gasteiger partial charge >= 0.3 is 11.9 Å². The van der Waals surface area contributed by atoms with Gasteiger partial charge in [-0.2, -0.15) is 8.78 Å². The van der Waals surface area contributed by atoms with Crippen LogP contribution in [0.4, 0.5) is 8.78 Å². The third-order valence-corrected chi connectivity index (χ3v) is 11.1. The average Bonchev–Trinajstić information content (AvgIpc) is 2.79. The normalized spacial score (nSPS) is 14.6. The molecule has 0 saturated carbocycles. The van der Waals surface area contributed by atoms with Gasteiger partial charge in [0.1, 0.15) is 6.10 Å². The van der Waals surface area contributed by atoms with E-state index in [1.807, 2.05) is 73.8 Å². The van der Waals surface area contributed by atoms with Gasteiger partial charge in [0.25, 0.3) is 0 Å². The summed E-state index contributed by atoms with van der Waals surface area (Å²) in [5.41, 5.74) is 1.79. The molecule has 0 unspecified atom stereocenters. The Bertz CT molecular complexity index is 878. The summed E-state index contributed by atoms with van der Waals surface area (Å²) in [7, 11) is -2.34. The van der Waals surface area contributed by atoms with E-state index in [4.69, 9.17) is 4.43 Å². The molecule has 2 rings (SSSR count). The summed E-state index contributed by atoms with van der Waals surface area (Å²) < 4.78 is 41.2. The monoisotopic (exact) mass is 507 g/mol. The van der Waals surface area contributed by atoms with Crippen molar-refractivity contribution in [2.75, 3.05) is 13.2 Å². The van der Waals surface area contributed by atoms with E-state index in [9.17, 15) is 9.90 Å². The van der Waals surface area contributed by atoms with Crippen LogP contribution >= 0.6 is 0 Å². The van der Waals surface area contributed by atoms with Crippen molar-refractivity contribution in [3.63, 3.8) is 0 Å². The van der Waals surface area contributed by atoms with Crippen molar-refractivity contribution in [3.8, 4) is 0 Å². The minimum absolute atomic E-state index is 0.147. The average molecular weight is 508 g/mol. The van der Waals surface area contributed by atoms with Gasteiger partial charge in [-0.25, -0.2) is 4.79 Å². The second-order valence-electron chi connectivity index (χ2n) is 10.3. The van der Waals surface area contributed by atoms with Crippen molar-refractivity contribution in [2.24, 2.45) is 0 Å². The largest absolute Gasteiger partial charge is 0.461 e. The van der Waals surface area contributed by atoms with Crippen LogP contribution in [-0.2, 0) is 27.0 Å². The number of benzene rings is 2. The minimum Gasteiger partial charge on any atom is -0.461 e. The van der Waals surface area contributed by atoms with Gasteiger partial charge in [-0.3, -0.25) is 4.90 Å². The molecule has 0 spiro atoms. The molecule has 8 heteroatoms. The first-order valence-corrected chi connectivity index (χ1v) is 14.9. The Morgan fingerprint density at radius 3 is 1.83 bits per heavy atom. The zero-order valence-corrected chi connectivity index (χ0v) is 22.6. The van der Waals surface area contributed by atoms with Gasteiger partial charge in [0.2, 0.25) is 0 Å². The number of esters is 1. The standard InChI is InChI=1S/C27H39F2NO4Si/c1-7-33-25(32)27(28,29)24(31)23(20-34-35(5,6)26(2,3)4)30(18-21-14-10-8-11-15-21)19-22-16-12-9-13-17-22/h8-17,23-24,31H,7,18-20H2,1-6H3/t23-,24-/m1/s1. The Hall–Kier alpha value is -2.13. The number of ether oxygens (including phenoxy) is 1. The van der Waals surface area contributed by atoms with Crippen molar-refractivity contribution in [1.29, 1.82) is 0 Å². The maximum Gasteiger partial charge on any atom is 0.379 e. The van der Waals surface area contributed by atoms with E-state index < -0.39 is 32.4 Å². The number of nitrogens with zero attached hydrogens (tertiary/aromatic N) is 1. The van der Waals surface area contributed by atoms with Crippen molar-refractivity contribution >= 4 is 14.3 Å². The number of aliphatic hydroxyl groups excluding tert-OH is 1. The molecule has 2 aromatic carbocycles. The summed E-state index contributed by atoms with van der Waals surface area (Å²) in [5, 5.41) is 10.8. The molecular formula is C27H39F2NO4Si. The second kappa shape index (κ2) is 12.2. The molecule has 0 aliphatic carbocycles. The first-order valence-electron chi connectivity index (χ1n) is 12.0. The van der Waals surface area contributed by atoms with Gasteiger partial charge < -0.3 is 14.3 Å². The van der Waals surface area contributed by atoms with Crippen LogP contribution in [0.25, 0.3) is 0 Å². The van der Waals surface area contributed by atoms with Gasteiger partial charge in [0.15, 0.2) is 8.32 Å². The number of aliphatic hydroxyl groups is 1. The third kappa shape index (κ3) is 7.93. The number of alkyl halides is 2. The maximum atomic E-state index is 15.1. The highest BCUT2D eigenvalue weighted by atomic mass is 28.4. The van der Waals surface area contributed by atoms with Crippen LogP contribution in [0.2, 0.25) is 18.1 Å². The van der Waals surface area contributed by atoms with Crippen molar-refractivity contribution in [2.45, 2.75) is 77.0 Å². The quantitative estimate of drug-likeness (QED) is 0.298. The Kier molecular flexibility index (Phi) is 10.2. The van der Waals surface area contributed by atoms with Gasteiger partial charge in [-0.15, -0.1) is 0 Å². The van der Waals surface area contributed by atoms with Gasteiger partial charge in [-0.1, -0.05) is 81.4 Å². The predicted octanol–water partition coefficient (Wildman–Crippen LogP) is 5.64. The van der Waals surface area contributed by atoms with Gasteiger partial charge in [0, 0.05) is 13.1 Å². The summed E-state index contributed by atoms with van der Waals surface area (Å²) in [6.45, 7) is 11.9. The lowest BCUT2D eigenvalue weighted by Gasteiger charge is -2.41. The van der Waals surface area contributed by atoms with Crippen LogP contribution in [0.3, 0.4) is 0 Å². The Labute approximate surface area is 209 Å². The maximum absolute atomic E-state index is 15.1. The lowest BCUT2D eigenvalue weighted by Crippen LogP contribution is -2.58. The zero-order valence-electron chi connectivity index (χ0n) is 21.6. The number of halogens is 2. The van der Waals surface area contributed by atoms with Crippen molar-refractivity contribution in [1.82, 2.24) is 4.90 Å². The second-order valence-corrected chi connectivity index (χ2v) is 15.1. The fourth-order valence-electron chi connectivity index (χ4n) is 3.42. The Morgan fingerprint density at radius 2 is 1.43 bits per heavy atom. The summed E-state index contributed by atoms with van der Waals surface area (Å²) in [6.07, 6.45) is -2.32. The molecular weight excluding hydrogens is 468 g/mol. The fourth-order valence-corrected chi connectivity index (χ4v) is 4.44. The SMILES string of the molecule is CCOC(=O)C(F)(F)[C@H](O)[C@@H](CO[Si](C)(C)C(C)(C)C)N(Cc1ccccc1)Cc1ccccc1. The van der Waals surface area contributed by atoms with Gasteiger partial charge in [-0.05, 0) is 36.2 Å². The molecule has 0 aromatic heterocycles. The Morgan fingerprint density at radius 1 is 0.971 bits per heavy atom. The summed E-state index contributed by atoms with van der Waals surface area (Å²) >= 11 is 0. The Balaban J connectivity index is 2.48. The molecule has 0 aliphatic rings. The van der Waals surface area contributed by atoms with Crippen molar-refractivity contribution < 1.29 is 27.8 Å². The topological polar surface area (TPSA) is 59.0 Å². The molecule has 0 radical (unpaired) electrons. The van der Waals surface area contributed by atoms with E-state index >= 15 is 8.78 Å². The number of rotatable bonds is 12. The van der Waals surface area contributed by atoms with E-state index in [1.54, 1.807) is 4.90 Å². The third-order valence-electron chi connectivity index (χ3n) is 6.63. The lowest BCUT2D eigenvalue weighted by molar-refractivity contribution is -0.197. The molecule has 194 valence electrons. The molecule has 0 saturated heterocycles. The van der Waals surface area contributed by atoms with E-state index in [1.165, 1.54) is 6.92 Å². The first-order chi connectivity index (χ1) is 16.3. The highest BCUT2D eigenvalue weighted by Crippen LogP contribution is 2.37. The summed E-state index contributed by atoms with van der Waals surface area (Å²) in [6, 6.07) is 17.7. The van der Waals surface area contributed by atoms with Crippen LogP contribution < -0.4 is 0 Å². The minimum atomic E-state index is -4.09. The lowest BCUT2D eigenvalue weighted by atomic mass is 10.0. The number of carbonyl (C=O) groups excluding carboxylic acids is 1. The van der Waals surface area contributed by atoms with Crippen LogP contribution in [0.1, 0.15) is 38.8 Å². The molecule has 5 nitrogen and oxygen atoms in total. The molecule has 2 atom stereocenters. The first kappa shape index (κ1) is 29.1. The number of carbonyl (C=O) groups is 1. The smallest absolute Gasteiger partial charge is 0.379 e. The van der Waals surface area contributed by atoms with Crippen LogP contribution in [-0.4, -0.2) is 55.6 Å². The van der Waals surface area contributed by atoms with E-state index in [0.29, 0.717) is 0 Å².